The van der Waals surface area contributed by atoms with Gasteiger partial charge in [-0.15, -0.1) is 0 Å². The van der Waals surface area contributed by atoms with Crippen LogP contribution in [0, 0.1) is 0 Å². The van der Waals surface area contributed by atoms with Gasteiger partial charge in [0.2, 0.25) is 0 Å². The molecule has 10 heavy (non-hydrogen) atoms. The molecule has 0 aliphatic heterocycles. The van der Waals surface area contributed by atoms with Crippen LogP contribution in [0.25, 0.3) is 0 Å². The predicted molar refractivity (Wildman–Crippen MR) is 39.8 cm³/mol. The summed E-state index contributed by atoms with van der Waals surface area (Å²) < 4.78 is 1.79. The van der Waals surface area contributed by atoms with E-state index in [-0.39, 0.29) is 0 Å². The van der Waals surface area contributed by atoms with Crippen LogP contribution < -0.4 is 5.32 Å². The van der Waals surface area contributed by atoms with Crippen molar-refractivity contribution >= 4 is 11.6 Å². The summed E-state index contributed by atoms with van der Waals surface area (Å²) in [6.07, 6.45) is 1.67. The Bertz CT molecular complexity index is 199. The number of hydrogen-bond donors (Lipinski definition) is 1. The zero-order valence-corrected chi connectivity index (χ0v) is 6.89. The molecule has 0 aliphatic rings. The molecular formula is C6H11ClN3+. The Hall–Kier alpha value is -0.540. The molecule has 1 aromatic heterocycles. The molecule has 1 aromatic rings. The summed E-state index contributed by atoms with van der Waals surface area (Å²) in [4.78, 5) is 0. The molecular weight excluding hydrogens is 150 g/mol. The van der Waals surface area contributed by atoms with Gasteiger partial charge in [-0.25, -0.2) is 0 Å². The minimum Gasteiger partial charge on any atom is -0.344 e. The van der Waals surface area contributed by atoms with Gasteiger partial charge >= 0.3 is 0 Å². The summed E-state index contributed by atoms with van der Waals surface area (Å²) in [7, 11) is 3.90. The number of halogens is 1. The van der Waals surface area contributed by atoms with Crippen LogP contribution in [0.15, 0.2) is 6.20 Å². The van der Waals surface area contributed by atoms with Crippen molar-refractivity contribution in [2.75, 3.05) is 7.05 Å². The number of nitrogens with two attached hydrogens (primary N) is 1. The van der Waals surface area contributed by atoms with Crippen molar-refractivity contribution in [1.29, 1.82) is 0 Å². The third-order valence-electron chi connectivity index (χ3n) is 1.41. The molecule has 0 bridgehead atoms. The quantitative estimate of drug-likeness (QED) is 0.637. The maximum Gasteiger partial charge on any atom is 0.119 e. The molecule has 4 heteroatoms. The van der Waals surface area contributed by atoms with Crippen molar-refractivity contribution in [3.8, 4) is 0 Å². The summed E-state index contributed by atoms with van der Waals surface area (Å²) in [6.45, 7) is 0.884. The van der Waals surface area contributed by atoms with E-state index in [4.69, 9.17) is 11.6 Å². The van der Waals surface area contributed by atoms with E-state index in [1.54, 1.807) is 10.9 Å². The number of aryl methyl sites for hydroxylation is 1. The highest BCUT2D eigenvalue weighted by atomic mass is 35.5. The lowest BCUT2D eigenvalue weighted by atomic mass is 10.4. The summed E-state index contributed by atoms with van der Waals surface area (Å²) in [5, 5.41) is 6.81. The van der Waals surface area contributed by atoms with Gasteiger partial charge in [-0.2, -0.15) is 5.10 Å². The Kier molecular flexibility index (Phi) is 2.29. The third-order valence-corrected chi connectivity index (χ3v) is 1.72. The molecule has 1 rings (SSSR count). The Balaban J connectivity index is 2.87. The van der Waals surface area contributed by atoms with E-state index in [9.17, 15) is 0 Å². The van der Waals surface area contributed by atoms with Gasteiger partial charge in [-0.05, 0) is 0 Å². The van der Waals surface area contributed by atoms with Crippen molar-refractivity contribution in [1.82, 2.24) is 9.78 Å². The fraction of sp³-hybridized carbons (Fsp3) is 0.500. The van der Waals surface area contributed by atoms with Gasteiger partial charge in [-0.1, -0.05) is 11.6 Å². The summed E-state index contributed by atoms with van der Waals surface area (Å²) in [5.41, 5.74) is 1.07. The van der Waals surface area contributed by atoms with E-state index in [1.165, 1.54) is 0 Å². The van der Waals surface area contributed by atoms with E-state index in [1.807, 2.05) is 14.1 Å². The Morgan fingerprint density at radius 1 is 1.80 bits per heavy atom. The fourth-order valence-corrected chi connectivity index (χ4v) is 1.10. The van der Waals surface area contributed by atoms with Gasteiger partial charge in [0.25, 0.3) is 0 Å². The van der Waals surface area contributed by atoms with Crippen molar-refractivity contribution in [2.45, 2.75) is 6.54 Å². The van der Waals surface area contributed by atoms with Gasteiger partial charge in [0.05, 0.1) is 18.3 Å². The minimum absolute atomic E-state index is 0.751. The first-order valence-electron chi connectivity index (χ1n) is 3.20. The van der Waals surface area contributed by atoms with Crippen molar-refractivity contribution in [3.63, 3.8) is 0 Å². The van der Waals surface area contributed by atoms with Crippen molar-refractivity contribution in [3.05, 3.63) is 16.9 Å². The van der Waals surface area contributed by atoms with Crippen molar-refractivity contribution < 1.29 is 5.32 Å². The molecule has 0 atom stereocenters. The molecule has 56 valence electrons. The van der Waals surface area contributed by atoms with Crippen LogP contribution in [0.5, 0.6) is 0 Å². The van der Waals surface area contributed by atoms with Gasteiger partial charge < -0.3 is 5.32 Å². The van der Waals surface area contributed by atoms with Crippen LogP contribution in [-0.2, 0) is 13.6 Å². The number of rotatable bonds is 2. The SMILES string of the molecule is C[NH2+]Cc1c(Cl)cnn1C. The Labute approximate surface area is 65.0 Å². The highest BCUT2D eigenvalue weighted by Gasteiger charge is 2.05. The molecule has 2 N–H and O–H groups in total. The molecule has 0 saturated heterocycles. The molecule has 3 nitrogen and oxygen atoms in total. The predicted octanol–water partition coefficient (Wildman–Crippen LogP) is -0.233. The van der Waals surface area contributed by atoms with Gasteiger partial charge in [0.1, 0.15) is 12.2 Å². The van der Waals surface area contributed by atoms with E-state index in [0.29, 0.717) is 0 Å². The molecule has 0 fully saturated rings. The smallest absolute Gasteiger partial charge is 0.119 e. The van der Waals surface area contributed by atoms with Crippen LogP contribution in [0.3, 0.4) is 0 Å². The number of aromatic nitrogens is 2. The summed E-state index contributed by atoms with van der Waals surface area (Å²) in [5.74, 6) is 0. The summed E-state index contributed by atoms with van der Waals surface area (Å²) in [6, 6.07) is 0. The lowest BCUT2D eigenvalue weighted by molar-refractivity contribution is -0.644. The monoisotopic (exact) mass is 160 g/mol. The van der Waals surface area contributed by atoms with Crippen LogP contribution in [0.2, 0.25) is 5.02 Å². The molecule has 0 unspecified atom stereocenters. The highest BCUT2D eigenvalue weighted by Crippen LogP contribution is 2.11. The average molecular weight is 161 g/mol. The van der Waals surface area contributed by atoms with E-state index < -0.39 is 0 Å². The van der Waals surface area contributed by atoms with Crippen LogP contribution in [0.4, 0.5) is 0 Å². The maximum atomic E-state index is 5.82. The first-order valence-corrected chi connectivity index (χ1v) is 3.57. The number of nitrogens with zero attached hydrogens (tertiary/aromatic N) is 2. The summed E-state index contributed by atoms with van der Waals surface area (Å²) >= 11 is 5.82. The standard InChI is InChI=1S/C6H10ClN3/c1-8-4-6-5(7)3-9-10(6)2/h3,8H,4H2,1-2H3/p+1. The zero-order valence-electron chi connectivity index (χ0n) is 6.13. The first kappa shape index (κ1) is 7.57. The maximum absolute atomic E-state index is 5.82. The second-order valence-electron chi connectivity index (χ2n) is 2.18. The lowest BCUT2D eigenvalue weighted by Gasteiger charge is -1.97. The molecule has 0 amide bonds. The Morgan fingerprint density at radius 2 is 2.50 bits per heavy atom. The number of hydrogen-bond acceptors (Lipinski definition) is 1. The Morgan fingerprint density at radius 3 is 2.90 bits per heavy atom. The van der Waals surface area contributed by atoms with Crippen molar-refractivity contribution in [2.24, 2.45) is 7.05 Å². The molecule has 0 saturated carbocycles. The fourth-order valence-electron chi connectivity index (χ4n) is 0.859. The van der Waals surface area contributed by atoms with Crippen LogP contribution in [0.1, 0.15) is 5.69 Å². The highest BCUT2D eigenvalue weighted by molar-refractivity contribution is 6.31. The van der Waals surface area contributed by atoms with E-state index in [0.717, 1.165) is 17.3 Å². The second kappa shape index (κ2) is 3.03. The van der Waals surface area contributed by atoms with Crippen LogP contribution >= 0.6 is 11.6 Å². The van der Waals surface area contributed by atoms with E-state index >= 15 is 0 Å². The molecule has 0 spiro atoms. The normalized spacial score (nSPS) is 10.3. The van der Waals surface area contributed by atoms with Gasteiger partial charge in [0, 0.05) is 7.05 Å². The molecule has 0 aliphatic carbocycles. The first-order chi connectivity index (χ1) is 4.75. The molecule has 1 heterocycles. The minimum atomic E-state index is 0.751. The largest absolute Gasteiger partial charge is 0.344 e. The number of quaternary nitrogens is 1. The zero-order chi connectivity index (χ0) is 7.56. The third kappa shape index (κ3) is 1.30. The lowest BCUT2D eigenvalue weighted by Crippen LogP contribution is -2.78. The van der Waals surface area contributed by atoms with Gasteiger partial charge in [-0.3, -0.25) is 4.68 Å². The van der Waals surface area contributed by atoms with Crippen LogP contribution in [-0.4, -0.2) is 16.8 Å². The van der Waals surface area contributed by atoms with E-state index in [2.05, 4.69) is 10.4 Å². The van der Waals surface area contributed by atoms with Gasteiger partial charge in [0.15, 0.2) is 0 Å². The molecule has 0 aromatic carbocycles. The topological polar surface area (TPSA) is 34.4 Å². The molecule has 0 radical (unpaired) electrons. The second-order valence-corrected chi connectivity index (χ2v) is 2.58. The average Bonchev–Trinajstić information content (AvgIpc) is 2.20.